The second-order valence-electron chi connectivity index (χ2n) is 5.04. The third-order valence-corrected chi connectivity index (χ3v) is 4.06. The van der Waals surface area contributed by atoms with Crippen LogP contribution in [0.3, 0.4) is 0 Å². The summed E-state index contributed by atoms with van der Waals surface area (Å²) in [4.78, 5) is 23.5. The summed E-state index contributed by atoms with van der Waals surface area (Å²) in [7, 11) is 0. The smallest absolute Gasteiger partial charge is 0.248 e. The zero-order valence-electron chi connectivity index (χ0n) is 13.6. The van der Waals surface area contributed by atoms with E-state index < -0.39 is 5.82 Å². The highest BCUT2D eigenvalue weighted by atomic mass is 32.2. The number of thiocarbonyl (C=S) groups is 1. The van der Waals surface area contributed by atoms with Gasteiger partial charge in [-0.25, -0.2) is 4.39 Å². The number of anilines is 2. The SMILES string of the molecule is O=C(CSCC(=O)Nc1ccccc1)NNC(=S)Nc1cccc(F)c1. The van der Waals surface area contributed by atoms with E-state index in [-0.39, 0.29) is 28.4 Å². The maximum atomic E-state index is 13.1. The maximum Gasteiger partial charge on any atom is 0.248 e. The Labute approximate surface area is 159 Å². The van der Waals surface area contributed by atoms with Gasteiger partial charge in [0.15, 0.2) is 5.11 Å². The molecule has 0 aliphatic rings. The molecule has 2 amide bonds. The van der Waals surface area contributed by atoms with Gasteiger partial charge >= 0.3 is 0 Å². The van der Waals surface area contributed by atoms with Crippen molar-refractivity contribution in [3.63, 3.8) is 0 Å². The highest BCUT2D eigenvalue weighted by Crippen LogP contribution is 2.09. The summed E-state index contributed by atoms with van der Waals surface area (Å²) in [6.45, 7) is 0. The molecule has 2 aromatic carbocycles. The molecule has 0 spiro atoms. The van der Waals surface area contributed by atoms with Gasteiger partial charge in [0.25, 0.3) is 0 Å². The van der Waals surface area contributed by atoms with Crippen molar-refractivity contribution in [2.75, 3.05) is 22.1 Å². The average Bonchev–Trinajstić information content (AvgIpc) is 2.61. The van der Waals surface area contributed by atoms with Crippen LogP contribution in [0.1, 0.15) is 0 Å². The average molecular weight is 392 g/mol. The number of thioether (sulfide) groups is 1. The van der Waals surface area contributed by atoms with Crippen molar-refractivity contribution in [1.82, 2.24) is 10.9 Å². The van der Waals surface area contributed by atoms with Gasteiger partial charge in [-0.1, -0.05) is 24.3 Å². The predicted octanol–water partition coefficient (Wildman–Crippen LogP) is 2.52. The Morgan fingerprint density at radius 2 is 1.58 bits per heavy atom. The van der Waals surface area contributed by atoms with Crippen molar-refractivity contribution in [2.24, 2.45) is 0 Å². The van der Waals surface area contributed by atoms with E-state index in [9.17, 15) is 14.0 Å². The Hall–Kier alpha value is -2.65. The van der Waals surface area contributed by atoms with Crippen LogP contribution in [0, 0.1) is 5.82 Å². The second kappa shape index (κ2) is 10.4. The van der Waals surface area contributed by atoms with Crippen molar-refractivity contribution in [2.45, 2.75) is 0 Å². The van der Waals surface area contributed by atoms with E-state index in [1.54, 1.807) is 18.2 Å². The molecule has 0 fully saturated rings. The quantitative estimate of drug-likeness (QED) is 0.447. The molecule has 0 saturated heterocycles. The van der Waals surface area contributed by atoms with E-state index in [4.69, 9.17) is 12.2 Å². The fourth-order valence-electron chi connectivity index (χ4n) is 1.85. The highest BCUT2D eigenvalue weighted by Gasteiger charge is 2.06. The van der Waals surface area contributed by atoms with Gasteiger partial charge in [0.2, 0.25) is 11.8 Å². The number of para-hydroxylation sites is 1. The third-order valence-electron chi connectivity index (χ3n) is 2.92. The zero-order valence-corrected chi connectivity index (χ0v) is 15.3. The third kappa shape index (κ3) is 7.49. The molecule has 26 heavy (non-hydrogen) atoms. The van der Waals surface area contributed by atoms with E-state index in [1.165, 1.54) is 30.0 Å². The molecule has 0 saturated carbocycles. The number of carbonyl (C=O) groups is 2. The molecule has 0 bridgehead atoms. The number of benzene rings is 2. The van der Waals surface area contributed by atoms with Crippen LogP contribution in [-0.2, 0) is 9.59 Å². The molecule has 2 aromatic rings. The number of amides is 2. The summed E-state index contributed by atoms with van der Waals surface area (Å²) < 4.78 is 13.1. The van der Waals surface area contributed by atoms with Crippen molar-refractivity contribution in [1.29, 1.82) is 0 Å². The lowest BCUT2D eigenvalue weighted by Gasteiger charge is -2.11. The normalized spacial score (nSPS) is 9.88. The largest absolute Gasteiger partial charge is 0.331 e. The number of hydrogen-bond acceptors (Lipinski definition) is 4. The summed E-state index contributed by atoms with van der Waals surface area (Å²) in [5, 5.41) is 5.58. The molecule has 2 rings (SSSR count). The van der Waals surface area contributed by atoms with Crippen LogP contribution in [0.5, 0.6) is 0 Å². The molecular formula is C17H17FN4O2S2. The van der Waals surface area contributed by atoms with Gasteiger partial charge in [-0.05, 0) is 42.5 Å². The van der Waals surface area contributed by atoms with E-state index >= 15 is 0 Å². The van der Waals surface area contributed by atoms with Crippen LogP contribution in [-0.4, -0.2) is 28.4 Å². The Kier molecular flexibility index (Phi) is 7.84. The summed E-state index contributed by atoms with van der Waals surface area (Å²) in [6, 6.07) is 14.8. The molecule has 136 valence electrons. The number of hydrogen-bond donors (Lipinski definition) is 4. The van der Waals surface area contributed by atoms with Gasteiger partial charge in [0, 0.05) is 11.4 Å². The lowest BCUT2D eigenvalue weighted by molar-refractivity contribution is -0.119. The van der Waals surface area contributed by atoms with Crippen LogP contribution in [0.25, 0.3) is 0 Å². The topological polar surface area (TPSA) is 82.3 Å². The first-order chi connectivity index (χ1) is 12.5. The standard InChI is InChI=1S/C17H17FN4O2S2/c18-12-5-4-8-14(9-12)20-17(25)22-21-16(24)11-26-10-15(23)19-13-6-2-1-3-7-13/h1-9H,10-11H2,(H,19,23)(H,21,24)(H2,20,22,25). The van der Waals surface area contributed by atoms with E-state index in [0.29, 0.717) is 11.4 Å². The summed E-state index contributed by atoms with van der Waals surface area (Å²) in [5.41, 5.74) is 6.08. The highest BCUT2D eigenvalue weighted by molar-refractivity contribution is 8.00. The number of nitrogens with one attached hydrogen (secondary N) is 4. The van der Waals surface area contributed by atoms with Crippen molar-refractivity contribution >= 4 is 52.3 Å². The van der Waals surface area contributed by atoms with Gasteiger partial charge in [-0.15, -0.1) is 11.8 Å². The minimum absolute atomic E-state index is 0.0811. The van der Waals surface area contributed by atoms with Gasteiger partial charge in [0.05, 0.1) is 11.5 Å². The predicted molar refractivity (Wildman–Crippen MR) is 106 cm³/mol. The van der Waals surface area contributed by atoms with Gasteiger partial charge in [-0.2, -0.15) is 0 Å². The van der Waals surface area contributed by atoms with Crippen molar-refractivity contribution in [3.8, 4) is 0 Å². The zero-order chi connectivity index (χ0) is 18.8. The first kappa shape index (κ1) is 19.7. The summed E-state index contributed by atoms with van der Waals surface area (Å²) in [5.74, 6) is -0.699. The number of halogens is 1. The van der Waals surface area contributed by atoms with E-state index in [0.717, 1.165) is 0 Å². The molecule has 0 heterocycles. The number of carbonyl (C=O) groups excluding carboxylic acids is 2. The lowest BCUT2D eigenvalue weighted by Crippen LogP contribution is -2.44. The van der Waals surface area contributed by atoms with Crippen LogP contribution < -0.4 is 21.5 Å². The minimum atomic E-state index is -0.396. The van der Waals surface area contributed by atoms with Crippen molar-refractivity contribution in [3.05, 3.63) is 60.4 Å². The van der Waals surface area contributed by atoms with E-state index in [1.807, 2.05) is 18.2 Å². The molecular weight excluding hydrogens is 375 g/mol. The molecule has 0 aliphatic heterocycles. The van der Waals surface area contributed by atoms with Gasteiger partial charge in [-0.3, -0.25) is 20.4 Å². The second-order valence-corrected chi connectivity index (χ2v) is 6.44. The Bertz CT molecular complexity index is 774. The van der Waals surface area contributed by atoms with E-state index in [2.05, 4.69) is 21.5 Å². The molecule has 4 N–H and O–H groups in total. The molecule has 9 heteroatoms. The molecule has 0 radical (unpaired) electrons. The minimum Gasteiger partial charge on any atom is -0.331 e. The lowest BCUT2D eigenvalue weighted by atomic mass is 10.3. The number of hydrazine groups is 1. The summed E-state index contributed by atoms with van der Waals surface area (Å²) in [6.07, 6.45) is 0. The summed E-state index contributed by atoms with van der Waals surface area (Å²) >= 11 is 6.16. The maximum absolute atomic E-state index is 13.1. The van der Waals surface area contributed by atoms with Crippen LogP contribution in [0.4, 0.5) is 15.8 Å². The fourth-order valence-corrected chi connectivity index (χ4v) is 2.63. The Morgan fingerprint density at radius 3 is 2.31 bits per heavy atom. The first-order valence-corrected chi connectivity index (χ1v) is 9.13. The molecule has 0 atom stereocenters. The van der Waals surface area contributed by atoms with Gasteiger partial charge < -0.3 is 10.6 Å². The molecule has 0 aromatic heterocycles. The van der Waals surface area contributed by atoms with Crippen molar-refractivity contribution < 1.29 is 14.0 Å². The number of rotatable bonds is 6. The molecule has 0 aliphatic carbocycles. The van der Waals surface area contributed by atoms with Crippen LogP contribution in [0.15, 0.2) is 54.6 Å². The Balaban J connectivity index is 1.61. The molecule has 0 unspecified atom stereocenters. The first-order valence-electron chi connectivity index (χ1n) is 7.57. The monoisotopic (exact) mass is 392 g/mol. The van der Waals surface area contributed by atoms with Gasteiger partial charge in [0.1, 0.15) is 5.82 Å². The fraction of sp³-hybridized carbons (Fsp3) is 0.118. The van der Waals surface area contributed by atoms with Crippen LogP contribution >= 0.6 is 24.0 Å². The van der Waals surface area contributed by atoms with Crippen LogP contribution in [0.2, 0.25) is 0 Å². The Morgan fingerprint density at radius 1 is 0.885 bits per heavy atom. The molecule has 6 nitrogen and oxygen atoms in total.